The highest BCUT2D eigenvalue weighted by Crippen LogP contribution is 2.25. The molecule has 0 atom stereocenters. The van der Waals surface area contributed by atoms with Gasteiger partial charge in [-0.3, -0.25) is 29.7 Å². The van der Waals surface area contributed by atoms with Crippen LogP contribution in [-0.2, 0) is 6.54 Å². The molecular weight excluding hydrogens is 470 g/mol. The van der Waals surface area contributed by atoms with Crippen molar-refractivity contribution in [3.05, 3.63) is 89.5 Å². The Balaban J connectivity index is 1.82. The molecule has 1 aromatic heterocycles. The molecule has 3 aromatic rings. The Morgan fingerprint density at radius 2 is 1.69 bits per heavy atom. The second-order valence-electron chi connectivity index (χ2n) is 5.86. The average molecular weight is 481 g/mol. The number of non-ortho nitro benzene ring substituents is 2. The van der Waals surface area contributed by atoms with E-state index in [4.69, 9.17) is 11.6 Å². The van der Waals surface area contributed by atoms with Gasteiger partial charge in [0.25, 0.3) is 17.3 Å². The van der Waals surface area contributed by atoms with Crippen LogP contribution >= 0.6 is 27.5 Å². The number of aromatic nitrogens is 2. The third-order valence-corrected chi connectivity index (χ3v) is 4.63. The molecule has 0 fully saturated rings. The highest BCUT2D eigenvalue weighted by atomic mass is 79.9. The monoisotopic (exact) mass is 479 g/mol. The van der Waals surface area contributed by atoms with Crippen molar-refractivity contribution in [2.75, 3.05) is 5.32 Å². The Morgan fingerprint density at radius 1 is 1.10 bits per heavy atom. The zero-order valence-electron chi connectivity index (χ0n) is 14.4. The fourth-order valence-corrected chi connectivity index (χ4v) is 3.00. The van der Waals surface area contributed by atoms with Crippen LogP contribution in [0.2, 0.25) is 5.02 Å². The van der Waals surface area contributed by atoms with E-state index in [0.717, 1.165) is 23.8 Å². The first-order valence-corrected chi connectivity index (χ1v) is 9.12. The minimum absolute atomic E-state index is 0.165. The predicted molar refractivity (Wildman–Crippen MR) is 108 cm³/mol. The Kier molecular flexibility index (Phi) is 5.89. The van der Waals surface area contributed by atoms with Gasteiger partial charge >= 0.3 is 0 Å². The van der Waals surface area contributed by atoms with Gasteiger partial charge in [-0.25, -0.2) is 0 Å². The van der Waals surface area contributed by atoms with Gasteiger partial charge in [-0.2, -0.15) is 5.10 Å². The number of hydrogen-bond donors (Lipinski definition) is 1. The molecule has 12 heteroatoms. The van der Waals surface area contributed by atoms with Crippen LogP contribution in [0.3, 0.4) is 0 Å². The van der Waals surface area contributed by atoms with Crippen molar-refractivity contribution in [3.8, 4) is 0 Å². The molecule has 0 spiro atoms. The molecule has 0 aliphatic carbocycles. The van der Waals surface area contributed by atoms with Crippen molar-refractivity contribution in [3.63, 3.8) is 0 Å². The topological polar surface area (TPSA) is 133 Å². The van der Waals surface area contributed by atoms with Crippen molar-refractivity contribution < 1.29 is 14.6 Å². The molecule has 0 aliphatic heterocycles. The number of rotatable bonds is 6. The molecule has 0 saturated heterocycles. The Morgan fingerprint density at radius 3 is 2.24 bits per heavy atom. The summed E-state index contributed by atoms with van der Waals surface area (Å²) in [5.74, 6) is -0.604. The molecule has 0 unspecified atom stereocenters. The average Bonchev–Trinajstić information content (AvgIpc) is 3.02. The number of nitrogens with zero attached hydrogens (tertiary/aromatic N) is 4. The van der Waals surface area contributed by atoms with Crippen molar-refractivity contribution in [1.82, 2.24) is 9.78 Å². The fourth-order valence-electron chi connectivity index (χ4n) is 2.46. The lowest BCUT2D eigenvalue weighted by Crippen LogP contribution is -2.14. The third kappa shape index (κ3) is 4.95. The summed E-state index contributed by atoms with van der Waals surface area (Å²) in [5.41, 5.74) is -0.421. The van der Waals surface area contributed by atoms with Crippen LogP contribution in [0.5, 0.6) is 0 Å². The standard InChI is InChI=1S/C17H11BrClN5O5/c18-15-9-22(8-10-1-3-12(19)4-2-10)21-16(15)20-17(25)11-5-13(23(26)27)7-14(6-11)24(28)29/h1-7,9H,8H2,(H,20,21,25). The molecule has 1 N–H and O–H groups in total. The van der Waals surface area contributed by atoms with Gasteiger partial charge < -0.3 is 5.32 Å². The first-order valence-electron chi connectivity index (χ1n) is 7.95. The van der Waals surface area contributed by atoms with E-state index in [-0.39, 0.29) is 11.4 Å². The third-order valence-electron chi connectivity index (χ3n) is 3.79. The minimum atomic E-state index is -0.805. The van der Waals surface area contributed by atoms with Crippen LogP contribution in [0.25, 0.3) is 0 Å². The van der Waals surface area contributed by atoms with Crippen LogP contribution in [-0.4, -0.2) is 25.5 Å². The number of amides is 1. The maximum absolute atomic E-state index is 12.5. The number of anilines is 1. The van der Waals surface area contributed by atoms with E-state index in [1.165, 1.54) is 0 Å². The van der Waals surface area contributed by atoms with E-state index in [2.05, 4.69) is 26.3 Å². The molecule has 0 bridgehead atoms. The Hall–Kier alpha value is -3.31. The first-order chi connectivity index (χ1) is 13.7. The van der Waals surface area contributed by atoms with Crippen LogP contribution in [0.4, 0.5) is 17.2 Å². The van der Waals surface area contributed by atoms with E-state index in [0.29, 0.717) is 16.0 Å². The number of benzene rings is 2. The van der Waals surface area contributed by atoms with Gasteiger partial charge in [-0.1, -0.05) is 23.7 Å². The number of halogens is 2. The molecule has 2 aromatic carbocycles. The highest BCUT2D eigenvalue weighted by molar-refractivity contribution is 9.10. The Bertz CT molecular complexity index is 1080. The lowest BCUT2D eigenvalue weighted by Gasteiger charge is -2.04. The largest absolute Gasteiger partial charge is 0.304 e. The summed E-state index contributed by atoms with van der Waals surface area (Å²) in [6, 6.07) is 9.85. The highest BCUT2D eigenvalue weighted by Gasteiger charge is 2.21. The van der Waals surface area contributed by atoms with E-state index < -0.39 is 27.1 Å². The summed E-state index contributed by atoms with van der Waals surface area (Å²) in [5, 5.41) is 29.3. The van der Waals surface area contributed by atoms with Gasteiger partial charge in [0.2, 0.25) is 0 Å². The van der Waals surface area contributed by atoms with Crippen LogP contribution in [0, 0.1) is 20.2 Å². The SMILES string of the molecule is O=C(Nc1nn(Cc2ccc(Cl)cc2)cc1Br)c1cc([N+](=O)[O-])cc([N+](=O)[O-])c1. The van der Waals surface area contributed by atoms with Gasteiger partial charge in [0.15, 0.2) is 5.82 Å². The lowest BCUT2D eigenvalue weighted by atomic mass is 10.1. The van der Waals surface area contributed by atoms with Gasteiger partial charge in [-0.15, -0.1) is 0 Å². The maximum Gasteiger partial charge on any atom is 0.277 e. The van der Waals surface area contributed by atoms with Crippen LogP contribution in [0.15, 0.2) is 53.1 Å². The van der Waals surface area contributed by atoms with E-state index in [1.54, 1.807) is 23.0 Å². The quantitative estimate of drug-likeness (QED) is 0.410. The maximum atomic E-state index is 12.5. The second-order valence-corrected chi connectivity index (χ2v) is 7.15. The van der Waals surface area contributed by atoms with Crippen molar-refractivity contribution >= 4 is 50.6 Å². The molecule has 1 amide bonds. The number of hydrogen-bond acceptors (Lipinski definition) is 6. The van der Waals surface area contributed by atoms with Crippen LogP contribution in [0.1, 0.15) is 15.9 Å². The fraction of sp³-hybridized carbons (Fsp3) is 0.0588. The second kappa shape index (κ2) is 8.37. The molecule has 0 saturated carbocycles. The molecule has 148 valence electrons. The van der Waals surface area contributed by atoms with Gasteiger partial charge in [-0.05, 0) is 33.6 Å². The van der Waals surface area contributed by atoms with E-state index in [9.17, 15) is 25.0 Å². The molecule has 29 heavy (non-hydrogen) atoms. The predicted octanol–water partition coefficient (Wildman–Crippen LogP) is 4.42. The molecule has 1 heterocycles. The smallest absolute Gasteiger partial charge is 0.277 e. The van der Waals surface area contributed by atoms with Gasteiger partial charge in [0.1, 0.15) is 0 Å². The summed E-state index contributed by atoms with van der Waals surface area (Å²) < 4.78 is 2.04. The minimum Gasteiger partial charge on any atom is -0.304 e. The molecule has 3 rings (SSSR count). The zero-order chi connectivity index (χ0) is 21.1. The van der Waals surface area contributed by atoms with E-state index >= 15 is 0 Å². The number of carbonyl (C=O) groups excluding carboxylic acids is 1. The molecule has 0 radical (unpaired) electrons. The first kappa shape index (κ1) is 20.4. The normalized spacial score (nSPS) is 10.6. The number of nitro groups is 2. The zero-order valence-corrected chi connectivity index (χ0v) is 16.8. The molecule has 10 nitrogen and oxygen atoms in total. The number of carbonyl (C=O) groups is 1. The van der Waals surface area contributed by atoms with Gasteiger partial charge in [0, 0.05) is 23.4 Å². The number of nitrogens with one attached hydrogen (secondary N) is 1. The lowest BCUT2D eigenvalue weighted by molar-refractivity contribution is -0.394. The molecular formula is C17H11BrClN5O5. The summed E-state index contributed by atoms with van der Waals surface area (Å²) >= 11 is 9.14. The van der Waals surface area contributed by atoms with Crippen molar-refractivity contribution in [1.29, 1.82) is 0 Å². The summed E-state index contributed by atoms with van der Waals surface area (Å²) in [6.07, 6.45) is 1.64. The van der Waals surface area contributed by atoms with Crippen molar-refractivity contribution in [2.24, 2.45) is 0 Å². The van der Waals surface area contributed by atoms with E-state index in [1.807, 2.05) is 12.1 Å². The summed E-state index contributed by atoms with van der Waals surface area (Å²) in [4.78, 5) is 32.8. The number of nitro benzene ring substituents is 2. The summed E-state index contributed by atoms with van der Waals surface area (Å²) in [6.45, 7) is 0.411. The van der Waals surface area contributed by atoms with Crippen molar-refractivity contribution in [2.45, 2.75) is 6.54 Å². The van der Waals surface area contributed by atoms with Crippen LogP contribution < -0.4 is 5.32 Å². The Labute approximate surface area is 176 Å². The summed E-state index contributed by atoms with van der Waals surface area (Å²) in [7, 11) is 0. The molecule has 0 aliphatic rings. The van der Waals surface area contributed by atoms with Gasteiger partial charge in [0.05, 0.1) is 32.5 Å².